The van der Waals surface area contributed by atoms with E-state index in [0.29, 0.717) is 36.3 Å². The van der Waals surface area contributed by atoms with Gasteiger partial charge in [-0.1, -0.05) is 18.2 Å². The van der Waals surface area contributed by atoms with E-state index < -0.39 is 5.82 Å². The summed E-state index contributed by atoms with van der Waals surface area (Å²) in [6.07, 6.45) is 7.56. The van der Waals surface area contributed by atoms with Crippen molar-refractivity contribution in [3.63, 3.8) is 0 Å². The third-order valence-electron chi connectivity index (χ3n) is 7.04. The number of hydrogen-bond donors (Lipinski definition) is 0. The van der Waals surface area contributed by atoms with E-state index >= 15 is 4.39 Å². The maximum absolute atomic E-state index is 15.1. The Kier molecular flexibility index (Phi) is 6.66. The molecule has 1 aliphatic heterocycles. The van der Waals surface area contributed by atoms with Crippen molar-refractivity contribution in [1.82, 2.24) is 19.3 Å². The molecule has 188 valence electrons. The molecule has 0 radical (unpaired) electrons. The van der Waals surface area contributed by atoms with Gasteiger partial charge in [0.25, 0.3) is 5.56 Å². The van der Waals surface area contributed by atoms with E-state index in [2.05, 4.69) is 22.9 Å². The summed E-state index contributed by atoms with van der Waals surface area (Å²) in [7, 11) is 1.64. The van der Waals surface area contributed by atoms with Crippen LogP contribution in [0.1, 0.15) is 66.0 Å². The van der Waals surface area contributed by atoms with Gasteiger partial charge in [-0.25, -0.2) is 9.37 Å². The minimum absolute atomic E-state index is 0.000882. The van der Waals surface area contributed by atoms with Crippen LogP contribution in [-0.2, 0) is 11.8 Å². The highest BCUT2D eigenvalue weighted by Gasteiger charge is 2.30. The Balaban J connectivity index is 1.51. The van der Waals surface area contributed by atoms with Crippen LogP contribution in [0, 0.1) is 25.6 Å². The van der Waals surface area contributed by atoms with E-state index in [1.807, 2.05) is 10.9 Å². The van der Waals surface area contributed by atoms with Gasteiger partial charge in [0, 0.05) is 47.6 Å². The van der Waals surface area contributed by atoms with Crippen LogP contribution in [0.2, 0.25) is 5.02 Å². The number of ether oxygens (including phenoxy) is 1. The lowest BCUT2D eigenvalue weighted by Gasteiger charge is -2.29. The Morgan fingerprint density at radius 1 is 1.28 bits per heavy atom. The fourth-order valence-electron chi connectivity index (χ4n) is 4.67. The van der Waals surface area contributed by atoms with Crippen LogP contribution in [0.3, 0.4) is 0 Å². The molecule has 3 heterocycles. The Bertz CT molecular complexity index is 1420. The first-order valence-corrected chi connectivity index (χ1v) is 12.5. The van der Waals surface area contributed by atoms with Gasteiger partial charge in [0.2, 0.25) is 0 Å². The number of allylic oxidation sites excluding steroid dienone is 1. The highest BCUT2D eigenvalue weighted by atomic mass is 35.5. The molecule has 0 spiro atoms. The zero-order valence-corrected chi connectivity index (χ0v) is 21.4. The van der Waals surface area contributed by atoms with Gasteiger partial charge < -0.3 is 4.74 Å². The van der Waals surface area contributed by atoms with E-state index in [4.69, 9.17) is 21.3 Å². The molecule has 1 aromatic carbocycles. The number of aryl methyl sites for hydroxylation is 2. The van der Waals surface area contributed by atoms with Gasteiger partial charge in [-0.15, -0.1) is 0 Å². The summed E-state index contributed by atoms with van der Waals surface area (Å²) < 4.78 is 24.6. The second-order valence-corrected chi connectivity index (χ2v) is 10.1. The SMILES string of the molecule is C=C(/N=C(/c1ccc(Cl)cc1F)c1c(C)nc(C)n(C)c1=O)[C@H]1CCO[C@@H](c2cnn(C3CC3)c2)C1. The Morgan fingerprint density at radius 2 is 2.06 bits per heavy atom. The molecule has 3 aromatic rings. The Hall–Kier alpha value is -3.10. The van der Waals surface area contributed by atoms with Crippen molar-refractivity contribution in [1.29, 1.82) is 0 Å². The molecule has 2 atom stereocenters. The molecule has 2 aliphatic rings. The number of aromatic nitrogens is 4. The van der Waals surface area contributed by atoms with Crippen molar-refractivity contribution in [2.75, 3.05) is 6.61 Å². The van der Waals surface area contributed by atoms with Gasteiger partial charge >= 0.3 is 0 Å². The third kappa shape index (κ3) is 4.80. The minimum Gasteiger partial charge on any atom is -0.373 e. The fourth-order valence-corrected chi connectivity index (χ4v) is 4.83. The lowest BCUT2D eigenvalue weighted by Crippen LogP contribution is -2.30. The lowest BCUT2D eigenvalue weighted by molar-refractivity contribution is -0.00302. The molecule has 5 rings (SSSR count). The van der Waals surface area contributed by atoms with E-state index in [-0.39, 0.29) is 39.4 Å². The standard InChI is InChI=1S/C27H29ClFN5O2/c1-15(18-9-10-36-24(11-18)19-13-30-34(14-19)21-6-7-21)32-26(22-8-5-20(28)12-23(22)29)25-16(2)31-17(3)33(4)27(25)35/h5,8,12-14,18,21,24H,1,6-7,9-11H2,2-4H3/b32-26-/t18-,24+/m0/s1. The number of aliphatic imine (C=N–C) groups is 1. The van der Waals surface area contributed by atoms with E-state index in [9.17, 15) is 4.79 Å². The van der Waals surface area contributed by atoms with Crippen molar-refractivity contribution in [3.05, 3.63) is 92.3 Å². The highest BCUT2D eigenvalue weighted by Crippen LogP contribution is 2.38. The van der Waals surface area contributed by atoms with Crippen LogP contribution < -0.4 is 5.56 Å². The van der Waals surface area contributed by atoms with Crippen molar-refractivity contribution in [3.8, 4) is 0 Å². The maximum atomic E-state index is 15.1. The van der Waals surface area contributed by atoms with Crippen LogP contribution in [0.25, 0.3) is 0 Å². The highest BCUT2D eigenvalue weighted by molar-refractivity contribution is 6.30. The van der Waals surface area contributed by atoms with Crippen molar-refractivity contribution >= 4 is 17.3 Å². The number of nitrogens with zero attached hydrogens (tertiary/aromatic N) is 5. The first kappa shape index (κ1) is 24.6. The largest absolute Gasteiger partial charge is 0.373 e. The second kappa shape index (κ2) is 9.75. The number of halogens is 2. The molecule has 0 unspecified atom stereocenters. The number of hydrogen-bond acceptors (Lipinski definition) is 5. The molecular formula is C27H29ClFN5O2. The molecule has 2 fully saturated rings. The predicted molar refractivity (Wildman–Crippen MR) is 137 cm³/mol. The minimum atomic E-state index is -0.562. The van der Waals surface area contributed by atoms with E-state index in [1.54, 1.807) is 33.0 Å². The molecule has 1 saturated heterocycles. The van der Waals surface area contributed by atoms with Crippen LogP contribution in [0.5, 0.6) is 0 Å². The fraction of sp³-hybridized carbons (Fsp3) is 0.407. The summed E-state index contributed by atoms with van der Waals surface area (Å²) in [5.74, 6) is 0.00407. The van der Waals surface area contributed by atoms with Gasteiger partial charge in [-0.05, 0) is 57.7 Å². The van der Waals surface area contributed by atoms with Crippen LogP contribution in [0.4, 0.5) is 4.39 Å². The molecule has 1 aliphatic carbocycles. The summed E-state index contributed by atoms with van der Waals surface area (Å²) in [6, 6.07) is 4.85. The van der Waals surface area contributed by atoms with Gasteiger partial charge in [-0.2, -0.15) is 5.10 Å². The molecule has 36 heavy (non-hydrogen) atoms. The maximum Gasteiger partial charge on any atom is 0.262 e. The number of benzene rings is 1. The number of rotatable bonds is 6. The van der Waals surface area contributed by atoms with Gasteiger partial charge in [0.1, 0.15) is 11.6 Å². The van der Waals surface area contributed by atoms with Crippen molar-refractivity contribution < 1.29 is 9.13 Å². The summed E-state index contributed by atoms with van der Waals surface area (Å²) in [5, 5.41) is 4.76. The smallest absolute Gasteiger partial charge is 0.262 e. The summed E-state index contributed by atoms with van der Waals surface area (Å²) in [6.45, 7) is 8.29. The molecule has 0 N–H and O–H groups in total. The van der Waals surface area contributed by atoms with Gasteiger partial charge in [0.05, 0.1) is 35.3 Å². The summed E-state index contributed by atoms with van der Waals surface area (Å²) in [4.78, 5) is 22.6. The van der Waals surface area contributed by atoms with Crippen LogP contribution in [-0.4, -0.2) is 31.7 Å². The van der Waals surface area contributed by atoms with Crippen molar-refractivity contribution in [2.45, 2.75) is 51.7 Å². The molecule has 2 aromatic heterocycles. The molecule has 0 amide bonds. The van der Waals surface area contributed by atoms with Crippen LogP contribution in [0.15, 0.2) is 52.7 Å². The first-order valence-electron chi connectivity index (χ1n) is 12.2. The normalized spacial score (nSPS) is 20.5. The topological polar surface area (TPSA) is 74.3 Å². The van der Waals surface area contributed by atoms with E-state index in [1.165, 1.54) is 10.6 Å². The Labute approximate surface area is 214 Å². The molecular weight excluding hydrogens is 481 g/mol. The molecule has 9 heteroatoms. The molecule has 0 bridgehead atoms. The quantitative estimate of drug-likeness (QED) is 0.426. The predicted octanol–water partition coefficient (Wildman–Crippen LogP) is 5.24. The zero-order chi connectivity index (χ0) is 25.6. The van der Waals surface area contributed by atoms with Gasteiger partial charge in [-0.3, -0.25) is 19.0 Å². The summed E-state index contributed by atoms with van der Waals surface area (Å²) >= 11 is 6.01. The zero-order valence-electron chi connectivity index (χ0n) is 20.7. The average Bonchev–Trinajstić information content (AvgIpc) is 3.58. The van der Waals surface area contributed by atoms with Crippen LogP contribution >= 0.6 is 11.6 Å². The third-order valence-corrected chi connectivity index (χ3v) is 7.28. The average molecular weight is 510 g/mol. The van der Waals surface area contributed by atoms with Crippen molar-refractivity contribution in [2.24, 2.45) is 18.0 Å². The van der Waals surface area contributed by atoms with Gasteiger partial charge in [0.15, 0.2) is 0 Å². The molecule has 1 saturated carbocycles. The first-order chi connectivity index (χ1) is 17.2. The monoisotopic (exact) mass is 509 g/mol. The Morgan fingerprint density at radius 3 is 2.78 bits per heavy atom. The second-order valence-electron chi connectivity index (χ2n) is 9.63. The lowest BCUT2D eigenvalue weighted by atomic mass is 9.90. The van der Waals surface area contributed by atoms with E-state index in [0.717, 1.165) is 24.8 Å². The summed E-state index contributed by atoms with van der Waals surface area (Å²) in [5.41, 5.74) is 2.45. The molecule has 7 nitrogen and oxygen atoms in total.